The molecule has 0 bridgehead atoms. The van der Waals surface area contributed by atoms with E-state index >= 15 is 0 Å². The molecule has 0 fully saturated rings. The van der Waals surface area contributed by atoms with Gasteiger partial charge in [0.05, 0.1) is 24.3 Å². The lowest BCUT2D eigenvalue weighted by atomic mass is 10.1. The molecule has 0 aliphatic heterocycles. The number of nitrogens with zero attached hydrogens (tertiary/aromatic N) is 3. The Hall–Kier alpha value is -1.54. The lowest BCUT2D eigenvalue weighted by Crippen LogP contribution is -2.23. The highest BCUT2D eigenvalue weighted by Crippen LogP contribution is 2.28. The first-order valence-corrected chi connectivity index (χ1v) is 12.3. The fraction of sp³-hybridized carbons (Fsp3) is 0.238. The zero-order valence-electron chi connectivity index (χ0n) is 16.7. The number of carbonyl (C=O) groups is 1. The average molecular weight is 709 g/mol. The molecule has 7 nitrogen and oxygen atoms in total. The van der Waals surface area contributed by atoms with E-state index in [1.807, 2.05) is 38.1 Å². The Morgan fingerprint density at radius 2 is 2.00 bits per heavy atom. The summed E-state index contributed by atoms with van der Waals surface area (Å²) < 4.78 is 9.28. The second-order valence-corrected chi connectivity index (χ2v) is 10.1. The molecule has 3 rings (SSSR count). The van der Waals surface area contributed by atoms with Crippen molar-refractivity contribution in [2.24, 2.45) is 10.8 Å². The van der Waals surface area contributed by atoms with Gasteiger partial charge in [-0.15, -0.1) is 0 Å². The maximum absolute atomic E-state index is 13.2. The Bertz CT molecular complexity index is 1220. The van der Waals surface area contributed by atoms with Gasteiger partial charge in [-0.05, 0) is 87.5 Å². The number of aromatic nitrogens is 2. The van der Waals surface area contributed by atoms with Crippen molar-refractivity contribution < 1.29 is 9.53 Å². The summed E-state index contributed by atoms with van der Waals surface area (Å²) >= 11 is 7.67. The predicted molar refractivity (Wildman–Crippen MR) is 142 cm³/mol. The van der Waals surface area contributed by atoms with Crippen molar-refractivity contribution in [3.8, 4) is 5.75 Å². The molecule has 2 aromatic carbocycles. The first kappa shape index (κ1) is 24.1. The van der Waals surface area contributed by atoms with Crippen LogP contribution in [0, 0.1) is 7.14 Å². The smallest absolute Gasteiger partial charge is 0.282 e. The fourth-order valence-electron chi connectivity index (χ4n) is 2.84. The molecule has 3 aromatic rings. The molecule has 0 saturated carbocycles. The van der Waals surface area contributed by atoms with E-state index in [0.717, 1.165) is 23.6 Å². The highest BCUT2D eigenvalue weighted by molar-refractivity contribution is 14.1. The van der Waals surface area contributed by atoms with Gasteiger partial charge in [0.2, 0.25) is 0 Å². The molecular weight excluding hydrogens is 690 g/mol. The third-order valence-corrected chi connectivity index (χ3v) is 6.68. The Balaban J connectivity index is 2.07. The molecule has 0 aliphatic carbocycles. The van der Waals surface area contributed by atoms with Gasteiger partial charge in [-0.1, -0.05) is 29.8 Å². The normalized spacial score (nSPS) is 12.4. The highest BCUT2D eigenvalue weighted by Gasteiger charge is 2.16. The third-order valence-electron chi connectivity index (χ3n) is 4.59. The number of hydrogen-bond acceptors (Lipinski definition) is 5. The number of nitrogens with two attached hydrogens (primary N) is 1. The molecule has 0 aliphatic rings. The number of benzene rings is 2. The summed E-state index contributed by atoms with van der Waals surface area (Å²) in [5.41, 5.74) is 6.38. The first-order valence-electron chi connectivity index (χ1n) is 9.38. The van der Waals surface area contributed by atoms with E-state index in [-0.39, 0.29) is 18.1 Å². The van der Waals surface area contributed by atoms with Crippen molar-refractivity contribution in [1.82, 2.24) is 9.66 Å². The van der Waals surface area contributed by atoms with Crippen LogP contribution in [-0.2, 0) is 4.79 Å². The van der Waals surface area contributed by atoms with Crippen molar-refractivity contribution in [2.75, 3.05) is 6.61 Å². The molecule has 0 saturated heterocycles. The van der Waals surface area contributed by atoms with Crippen molar-refractivity contribution in [3.63, 3.8) is 0 Å². The standard InChI is InChI=1S/C21H19BrI2N4O3/c1-3-11(2)20-27-17-5-4-13(22)8-14(17)21(30)28(20)26-9-12-6-15(23)19(16(24)7-12)31-10-18(25)29/h4-9,11H,3,10H2,1-2H3,(H2,25,29)/t11-/m1/s1. The Morgan fingerprint density at radius 3 is 2.61 bits per heavy atom. The van der Waals surface area contributed by atoms with Crippen molar-refractivity contribution >= 4 is 84.1 Å². The van der Waals surface area contributed by atoms with Gasteiger partial charge in [0, 0.05) is 10.4 Å². The molecule has 162 valence electrons. The van der Waals surface area contributed by atoms with Crippen LogP contribution in [0.4, 0.5) is 0 Å². The van der Waals surface area contributed by atoms with Crippen LogP contribution in [0.15, 0.2) is 44.7 Å². The minimum atomic E-state index is -0.537. The largest absolute Gasteiger partial charge is 0.482 e. The summed E-state index contributed by atoms with van der Waals surface area (Å²) in [6, 6.07) is 9.18. The van der Waals surface area contributed by atoms with Crippen LogP contribution in [0.1, 0.15) is 37.6 Å². The fourth-order valence-corrected chi connectivity index (χ4v) is 5.33. The first-order chi connectivity index (χ1) is 14.7. The van der Waals surface area contributed by atoms with Gasteiger partial charge in [0.25, 0.3) is 11.5 Å². The van der Waals surface area contributed by atoms with E-state index in [2.05, 4.69) is 66.2 Å². The van der Waals surface area contributed by atoms with E-state index < -0.39 is 5.91 Å². The average Bonchev–Trinajstić information content (AvgIpc) is 2.72. The number of ether oxygens (including phenoxy) is 1. The zero-order chi connectivity index (χ0) is 22.7. The van der Waals surface area contributed by atoms with Crippen LogP contribution in [-0.4, -0.2) is 28.4 Å². The van der Waals surface area contributed by atoms with Gasteiger partial charge in [0.15, 0.2) is 6.61 Å². The second kappa shape index (κ2) is 10.4. The quantitative estimate of drug-likeness (QED) is 0.286. The topological polar surface area (TPSA) is 99.6 Å². The Labute approximate surface area is 214 Å². The number of rotatable bonds is 7. The third kappa shape index (κ3) is 5.64. The maximum atomic E-state index is 13.2. The van der Waals surface area contributed by atoms with Crippen molar-refractivity contribution in [3.05, 3.63) is 63.7 Å². The Morgan fingerprint density at radius 1 is 1.32 bits per heavy atom. The number of hydrogen-bond donors (Lipinski definition) is 1. The number of amides is 1. The number of halogens is 3. The number of fused-ring (bicyclic) bond motifs is 1. The molecule has 10 heteroatoms. The lowest BCUT2D eigenvalue weighted by molar-refractivity contribution is -0.119. The highest BCUT2D eigenvalue weighted by atomic mass is 127. The summed E-state index contributed by atoms with van der Waals surface area (Å²) in [6.45, 7) is 3.88. The summed E-state index contributed by atoms with van der Waals surface area (Å²) in [6.07, 6.45) is 2.45. The van der Waals surface area contributed by atoms with Crippen LogP contribution in [0.5, 0.6) is 5.75 Å². The number of primary amides is 1. The van der Waals surface area contributed by atoms with Gasteiger partial charge in [0.1, 0.15) is 11.6 Å². The lowest BCUT2D eigenvalue weighted by Gasteiger charge is -2.14. The van der Waals surface area contributed by atoms with E-state index in [9.17, 15) is 9.59 Å². The van der Waals surface area contributed by atoms with Gasteiger partial charge >= 0.3 is 0 Å². The van der Waals surface area contributed by atoms with E-state index in [1.165, 1.54) is 4.68 Å². The Kier molecular flexibility index (Phi) is 8.08. The minimum absolute atomic E-state index is 0.0581. The molecule has 1 heterocycles. The summed E-state index contributed by atoms with van der Waals surface area (Å²) in [4.78, 5) is 28.9. The summed E-state index contributed by atoms with van der Waals surface area (Å²) in [5.74, 6) is 0.726. The van der Waals surface area contributed by atoms with Gasteiger partial charge < -0.3 is 10.5 Å². The van der Waals surface area contributed by atoms with Crippen molar-refractivity contribution in [2.45, 2.75) is 26.2 Å². The van der Waals surface area contributed by atoms with Gasteiger partial charge in [-0.2, -0.15) is 9.78 Å². The monoisotopic (exact) mass is 708 g/mol. The molecule has 31 heavy (non-hydrogen) atoms. The zero-order valence-corrected chi connectivity index (χ0v) is 22.6. The minimum Gasteiger partial charge on any atom is -0.482 e. The van der Waals surface area contributed by atoms with Crippen LogP contribution in [0.2, 0.25) is 0 Å². The SMILES string of the molecule is CC[C@@H](C)c1nc2ccc(Br)cc2c(=O)n1N=Cc1cc(I)c(OCC(N)=O)c(I)c1. The summed E-state index contributed by atoms with van der Waals surface area (Å²) in [5, 5.41) is 4.99. The molecule has 0 radical (unpaired) electrons. The van der Waals surface area contributed by atoms with Crippen LogP contribution >= 0.6 is 61.1 Å². The summed E-state index contributed by atoms with van der Waals surface area (Å²) in [7, 11) is 0. The molecule has 1 amide bonds. The van der Waals surface area contributed by atoms with E-state index in [0.29, 0.717) is 22.5 Å². The molecule has 0 spiro atoms. The second-order valence-electron chi connectivity index (χ2n) is 6.87. The predicted octanol–water partition coefficient (Wildman–Crippen LogP) is 4.63. The van der Waals surface area contributed by atoms with Crippen molar-refractivity contribution in [1.29, 1.82) is 0 Å². The number of carbonyl (C=O) groups excluding carboxylic acids is 1. The molecule has 0 unspecified atom stereocenters. The van der Waals surface area contributed by atoms with Crippen LogP contribution in [0.25, 0.3) is 10.9 Å². The maximum Gasteiger partial charge on any atom is 0.282 e. The molecule has 1 atom stereocenters. The molecule has 1 aromatic heterocycles. The van der Waals surface area contributed by atoms with Gasteiger partial charge in [-0.3, -0.25) is 9.59 Å². The van der Waals surface area contributed by atoms with Crippen LogP contribution in [0.3, 0.4) is 0 Å². The van der Waals surface area contributed by atoms with E-state index in [1.54, 1.807) is 12.3 Å². The molecule has 2 N–H and O–H groups in total. The van der Waals surface area contributed by atoms with E-state index in [4.69, 9.17) is 15.5 Å². The van der Waals surface area contributed by atoms with Crippen LogP contribution < -0.4 is 16.0 Å². The molecular formula is C21H19BrI2N4O3. The van der Waals surface area contributed by atoms with Gasteiger partial charge in [-0.25, -0.2) is 4.98 Å².